The van der Waals surface area contributed by atoms with Gasteiger partial charge in [-0.3, -0.25) is 9.59 Å². The van der Waals surface area contributed by atoms with Crippen molar-refractivity contribution < 1.29 is 34.8 Å². The number of carboxylic acids is 1. The monoisotopic (exact) mass is 543 g/mol. The zero-order valence-corrected chi connectivity index (χ0v) is 17.9. The number of carboxylic acid groups (broad SMARTS) is 1. The molecule has 0 saturated heterocycles. The third kappa shape index (κ3) is 12.1. The number of aromatic nitrogens is 3. The molecule has 0 aliphatic carbocycles. The summed E-state index contributed by atoms with van der Waals surface area (Å²) in [5, 5.41) is 34.2. The highest BCUT2D eigenvalue weighted by atomic mass is 79.9. The van der Waals surface area contributed by atoms with Gasteiger partial charge in [0.1, 0.15) is 34.3 Å². The van der Waals surface area contributed by atoms with Crippen molar-refractivity contribution in [2.45, 2.75) is 14.9 Å². The Morgan fingerprint density at radius 1 is 0.727 bits per heavy atom. The van der Waals surface area contributed by atoms with Crippen molar-refractivity contribution in [3.05, 3.63) is 72.1 Å². The maximum Gasteiger partial charge on any atom is 0.354 e. The zero-order chi connectivity index (χ0) is 23.4. The lowest BCUT2D eigenvalue weighted by molar-refractivity contribution is 0.0690. The number of aromatic carboxylic acids is 1. The summed E-state index contributed by atoms with van der Waals surface area (Å²) in [5.41, 5.74) is 0.428. The van der Waals surface area contributed by atoms with E-state index in [1.165, 1.54) is 42.6 Å². The molecule has 33 heavy (non-hydrogen) atoms. The molecule has 0 aliphatic heterocycles. The molecule has 0 bridgehead atoms. The topological polar surface area (TPSA) is 171 Å². The van der Waals surface area contributed by atoms with Crippen molar-refractivity contribution in [1.29, 1.82) is 0 Å². The second kappa shape index (κ2) is 16.1. The van der Waals surface area contributed by atoms with Crippen LogP contribution in [-0.2, 0) is 0 Å². The van der Waals surface area contributed by atoms with E-state index in [1.807, 2.05) is 0 Å². The molecule has 0 spiro atoms. The number of halogens is 2. The molecule has 3 heterocycles. The van der Waals surface area contributed by atoms with E-state index in [1.54, 1.807) is 0 Å². The first kappa shape index (κ1) is 31.6. The number of alkyl halides is 1. The molecule has 0 amide bonds. The lowest BCUT2D eigenvalue weighted by Gasteiger charge is -1.94. The third-order valence-electron chi connectivity index (χ3n) is 3.07. The Morgan fingerprint density at radius 3 is 1.36 bits per heavy atom. The first-order valence-electron chi connectivity index (χ1n) is 8.11. The standard InChI is InChI=1S/C7H6BrNO2.C6H4ClNO2.C6H5NO3.2CH4/c8-3-7(11)6-2-1-5(10)4-9-6;7-6(10)5-2-1-4(9)3-8-5;8-4-1-2-5(6(9)10)7-3-4;;/h1-2,4,10H,3H2;1-3,9H;1-3,8H,(H,9,10);2*1H4. The molecular formula is C21H23BrClN3O7. The van der Waals surface area contributed by atoms with Crippen LogP contribution < -0.4 is 0 Å². The second-order valence-electron chi connectivity index (χ2n) is 5.34. The van der Waals surface area contributed by atoms with Crippen molar-refractivity contribution in [2.24, 2.45) is 0 Å². The Kier molecular flexibility index (Phi) is 15.4. The summed E-state index contributed by atoms with van der Waals surface area (Å²) in [5.74, 6) is -1.15. The van der Waals surface area contributed by atoms with Crippen molar-refractivity contribution in [3.8, 4) is 17.2 Å². The van der Waals surface area contributed by atoms with E-state index in [0.717, 1.165) is 12.4 Å². The molecular weight excluding hydrogens is 522 g/mol. The van der Waals surface area contributed by atoms with Gasteiger partial charge >= 0.3 is 5.97 Å². The van der Waals surface area contributed by atoms with Gasteiger partial charge in [-0.1, -0.05) is 30.8 Å². The van der Waals surface area contributed by atoms with E-state index < -0.39 is 11.2 Å². The average molecular weight is 545 g/mol. The lowest BCUT2D eigenvalue weighted by Crippen LogP contribution is -2.01. The molecule has 4 N–H and O–H groups in total. The first-order chi connectivity index (χ1) is 14.6. The summed E-state index contributed by atoms with van der Waals surface area (Å²) in [6, 6.07) is 8.13. The van der Waals surface area contributed by atoms with E-state index >= 15 is 0 Å². The van der Waals surface area contributed by atoms with Crippen LogP contribution in [0.5, 0.6) is 17.2 Å². The Hall–Kier alpha value is -3.57. The van der Waals surface area contributed by atoms with Crippen molar-refractivity contribution in [3.63, 3.8) is 0 Å². The van der Waals surface area contributed by atoms with Crippen LogP contribution in [0.1, 0.15) is 46.3 Å². The third-order valence-corrected chi connectivity index (χ3v) is 3.77. The molecule has 10 nitrogen and oxygen atoms in total. The fraction of sp³-hybridized carbons (Fsp3) is 0.143. The van der Waals surface area contributed by atoms with Gasteiger partial charge in [-0.15, -0.1) is 0 Å². The van der Waals surface area contributed by atoms with Gasteiger partial charge in [0.15, 0.2) is 5.78 Å². The minimum Gasteiger partial charge on any atom is -0.506 e. The van der Waals surface area contributed by atoms with Crippen LogP contribution in [0.3, 0.4) is 0 Å². The number of hydrogen-bond acceptors (Lipinski definition) is 9. The Balaban J connectivity index is 0. The summed E-state index contributed by atoms with van der Waals surface area (Å²) in [6.07, 6.45) is 3.50. The van der Waals surface area contributed by atoms with Gasteiger partial charge < -0.3 is 20.4 Å². The minimum atomic E-state index is -1.10. The summed E-state index contributed by atoms with van der Waals surface area (Å²) in [4.78, 5) is 42.2. The quantitative estimate of drug-likeness (QED) is 0.211. The van der Waals surface area contributed by atoms with Crippen molar-refractivity contribution in [2.75, 3.05) is 5.33 Å². The molecule has 178 valence electrons. The zero-order valence-electron chi connectivity index (χ0n) is 15.5. The minimum absolute atomic E-state index is 0. The normalized spacial score (nSPS) is 8.79. The average Bonchev–Trinajstić information content (AvgIpc) is 2.75. The fourth-order valence-corrected chi connectivity index (χ4v) is 2.03. The smallest absolute Gasteiger partial charge is 0.354 e. The number of rotatable bonds is 4. The summed E-state index contributed by atoms with van der Waals surface area (Å²) >= 11 is 8.09. The molecule has 0 aromatic carbocycles. The fourth-order valence-electron chi connectivity index (χ4n) is 1.63. The highest BCUT2D eigenvalue weighted by Gasteiger charge is 2.04. The van der Waals surface area contributed by atoms with Crippen LogP contribution in [0.4, 0.5) is 0 Å². The van der Waals surface area contributed by atoms with Crippen LogP contribution >= 0.6 is 27.5 Å². The van der Waals surface area contributed by atoms with Gasteiger partial charge in [0.25, 0.3) is 5.24 Å². The predicted molar refractivity (Wildman–Crippen MR) is 126 cm³/mol. The van der Waals surface area contributed by atoms with Crippen LogP contribution in [0, 0.1) is 0 Å². The van der Waals surface area contributed by atoms with E-state index in [-0.39, 0.29) is 54.6 Å². The second-order valence-corrected chi connectivity index (χ2v) is 6.24. The Morgan fingerprint density at radius 2 is 1.09 bits per heavy atom. The van der Waals surface area contributed by atoms with Crippen LogP contribution in [0.2, 0.25) is 0 Å². The molecule has 12 heteroatoms. The molecule has 0 unspecified atom stereocenters. The molecule has 0 atom stereocenters. The largest absolute Gasteiger partial charge is 0.506 e. The number of pyridine rings is 3. The Bertz CT molecular complexity index is 960. The van der Waals surface area contributed by atoms with E-state index in [9.17, 15) is 14.4 Å². The number of carbonyl (C=O) groups excluding carboxylic acids is 2. The molecule has 0 fully saturated rings. The van der Waals surface area contributed by atoms with Crippen LogP contribution in [0.15, 0.2) is 55.0 Å². The number of ketones is 1. The number of nitrogens with zero attached hydrogens (tertiary/aromatic N) is 3. The van der Waals surface area contributed by atoms with Gasteiger partial charge in [-0.05, 0) is 48.0 Å². The lowest BCUT2D eigenvalue weighted by atomic mass is 10.3. The van der Waals surface area contributed by atoms with Gasteiger partial charge in [-0.25, -0.2) is 19.7 Å². The summed E-state index contributed by atoms with van der Waals surface area (Å²) < 4.78 is 0. The SMILES string of the molecule is C.C.O=C(CBr)c1ccc(O)cn1.O=C(Cl)c1ccc(O)cn1.O=C(O)c1ccc(O)cn1. The molecule has 0 saturated carbocycles. The van der Waals surface area contributed by atoms with Gasteiger partial charge in [0.2, 0.25) is 0 Å². The molecule has 3 rings (SSSR count). The predicted octanol–water partition coefficient (Wildman–Crippen LogP) is 4.29. The Labute approximate surface area is 203 Å². The van der Waals surface area contributed by atoms with E-state index in [2.05, 4.69) is 30.9 Å². The highest BCUT2D eigenvalue weighted by Crippen LogP contribution is 2.08. The summed E-state index contributed by atoms with van der Waals surface area (Å²) in [6.45, 7) is 0. The maximum atomic E-state index is 10.9. The van der Waals surface area contributed by atoms with Crippen molar-refractivity contribution in [1.82, 2.24) is 15.0 Å². The molecule has 3 aromatic heterocycles. The molecule has 0 aliphatic rings. The van der Waals surface area contributed by atoms with Crippen molar-refractivity contribution >= 4 is 44.5 Å². The number of Topliss-reactive ketones (excluding diaryl/α,β-unsaturated/α-hetero) is 1. The van der Waals surface area contributed by atoms with Gasteiger partial charge in [0, 0.05) is 0 Å². The van der Waals surface area contributed by atoms with E-state index in [4.69, 9.17) is 32.0 Å². The van der Waals surface area contributed by atoms with E-state index in [0.29, 0.717) is 5.69 Å². The molecule has 0 radical (unpaired) electrons. The van der Waals surface area contributed by atoms with Crippen LogP contribution in [-0.4, -0.2) is 57.7 Å². The first-order valence-corrected chi connectivity index (χ1v) is 9.61. The number of hydrogen-bond donors (Lipinski definition) is 4. The van der Waals surface area contributed by atoms with Gasteiger partial charge in [0.05, 0.1) is 23.9 Å². The molecule has 3 aromatic rings. The number of carbonyl (C=O) groups is 3. The highest BCUT2D eigenvalue weighted by molar-refractivity contribution is 9.09. The number of aromatic hydroxyl groups is 3. The summed E-state index contributed by atoms with van der Waals surface area (Å²) in [7, 11) is 0. The van der Waals surface area contributed by atoms with Gasteiger partial charge in [-0.2, -0.15) is 0 Å². The maximum absolute atomic E-state index is 10.9. The van der Waals surface area contributed by atoms with Crippen LogP contribution in [0.25, 0.3) is 0 Å².